The minimum absolute atomic E-state index is 0.0852. The van der Waals surface area contributed by atoms with Gasteiger partial charge < -0.3 is 14.6 Å². The van der Waals surface area contributed by atoms with Crippen molar-refractivity contribution in [1.29, 1.82) is 0 Å². The van der Waals surface area contributed by atoms with Crippen molar-refractivity contribution in [2.24, 2.45) is 0 Å². The molecule has 5 nitrogen and oxygen atoms in total. The van der Waals surface area contributed by atoms with E-state index in [1.54, 1.807) is 22.3 Å². The predicted molar refractivity (Wildman–Crippen MR) is 85.1 cm³/mol. The van der Waals surface area contributed by atoms with Crippen LogP contribution in [-0.2, 0) is 11.3 Å². The maximum atomic E-state index is 12.7. The van der Waals surface area contributed by atoms with E-state index < -0.39 is 0 Å². The minimum atomic E-state index is -0.208. The number of ether oxygens (including phenoxy) is 1. The van der Waals surface area contributed by atoms with Crippen LogP contribution in [0.2, 0.25) is 0 Å². The van der Waals surface area contributed by atoms with E-state index in [-0.39, 0.29) is 17.6 Å². The highest BCUT2D eigenvalue weighted by molar-refractivity contribution is 7.07. The highest BCUT2D eigenvalue weighted by Crippen LogP contribution is 2.18. The largest absolute Gasteiger partial charge is 0.376 e. The number of hydrogen-bond acceptors (Lipinski definition) is 4. The van der Waals surface area contributed by atoms with Crippen molar-refractivity contribution in [2.45, 2.75) is 25.5 Å². The van der Waals surface area contributed by atoms with Crippen molar-refractivity contribution >= 4 is 17.2 Å². The van der Waals surface area contributed by atoms with Crippen LogP contribution in [0.1, 0.15) is 28.8 Å². The molecular formula is C16H18N2O3S. The molecule has 1 aliphatic heterocycles. The Hall–Kier alpha value is -1.92. The van der Waals surface area contributed by atoms with E-state index in [0.717, 1.165) is 25.0 Å². The highest BCUT2D eigenvalue weighted by atomic mass is 32.1. The summed E-state index contributed by atoms with van der Waals surface area (Å²) in [5, 5.41) is 4.05. The number of aromatic nitrogens is 1. The number of nitrogens with one attached hydrogen (secondary N) is 1. The summed E-state index contributed by atoms with van der Waals surface area (Å²) in [6.45, 7) is 1.90. The number of H-pyrrole nitrogens is 1. The lowest BCUT2D eigenvalue weighted by Gasteiger charge is -2.25. The third kappa shape index (κ3) is 3.64. The molecule has 0 bridgehead atoms. The van der Waals surface area contributed by atoms with Crippen LogP contribution in [0.15, 0.2) is 40.0 Å². The molecule has 1 aliphatic rings. The van der Waals surface area contributed by atoms with Gasteiger partial charge in [0, 0.05) is 32.0 Å². The van der Waals surface area contributed by atoms with Gasteiger partial charge in [0.1, 0.15) is 0 Å². The molecule has 0 saturated carbocycles. The van der Waals surface area contributed by atoms with Gasteiger partial charge >= 0.3 is 0 Å². The first-order valence-corrected chi connectivity index (χ1v) is 8.27. The zero-order valence-electron chi connectivity index (χ0n) is 12.2. The smallest absolute Gasteiger partial charge is 0.255 e. The standard InChI is InChI=1S/C16H18N2O3S/c19-15-4-3-13(8-17-15)16(20)18(9-12-5-7-22-11-12)10-14-2-1-6-21-14/h3-5,7-8,11,14H,1-2,6,9-10H2,(H,17,19). The molecule has 116 valence electrons. The van der Waals surface area contributed by atoms with Crippen LogP contribution in [0.3, 0.4) is 0 Å². The van der Waals surface area contributed by atoms with Crippen LogP contribution in [0, 0.1) is 0 Å². The SMILES string of the molecule is O=C(c1ccc(=O)[nH]c1)N(Cc1ccsc1)CC1CCCO1. The molecule has 2 aromatic rings. The quantitative estimate of drug-likeness (QED) is 0.920. The third-order valence-electron chi connectivity index (χ3n) is 3.72. The van der Waals surface area contributed by atoms with Gasteiger partial charge in [-0.1, -0.05) is 0 Å². The molecule has 1 N–H and O–H groups in total. The minimum Gasteiger partial charge on any atom is -0.376 e. The van der Waals surface area contributed by atoms with E-state index in [1.165, 1.54) is 12.3 Å². The maximum absolute atomic E-state index is 12.7. The third-order valence-corrected chi connectivity index (χ3v) is 4.45. The maximum Gasteiger partial charge on any atom is 0.255 e. The average molecular weight is 318 g/mol. The van der Waals surface area contributed by atoms with Gasteiger partial charge in [0.15, 0.2) is 0 Å². The second-order valence-electron chi connectivity index (χ2n) is 5.39. The van der Waals surface area contributed by atoms with Gasteiger partial charge in [-0.3, -0.25) is 9.59 Å². The summed E-state index contributed by atoms with van der Waals surface area (Å²) in [5.74, 6) is -0.0852. The molecule has 6 heteroatoms. The summed E-state index contributed by atoms with van der Waals surface area (Å²) in [7, 11) is 0. The Kier molecular flexibility index (Phi) is 4.70. The first kappa shape index (κ1) is 15.0. The van der Waals surface area contributed by atoms with Crippen molar-refractivity contribution in [1.82, 2.24) is 9.88 Å². The van der Waals surface area contributed by atoms with Crippen LogP contribution in [-0.4, -0.2) is 35.0 Å². The van der Waals surface area contributed by atoms with Crippen molar-refractivity contribution in [3.05, 3.63) is 56.6 Å². The van der Waals surface area contributed by atoms with Gasteiger partial charge in [0.2, 0.25) is 5.56 Å². The predicted octanol–water partition coefficient (Wildman–Crippen LogP) is 2.26. The molecule has 1 amide bonds. The van der Waals surface area contributed by atoms with Crippen molar-refractivity contribution < 1.29 is 9.53 Å². The fraction of sp³-hybridized carbons (Fsp3) is 0.375. The summed E-state index contributed by atoms with van der Waals surface area (Å²) >= 11 is 1.62. The van der Waals surface area contributed by atoms with E-state index in [1.807, 2.05) is 16.8 Å². The lowest BCUT2D eigenvalue weighted by Crippen LogP contribution is -2.37. The molecule has 0 aliphatic carbocycles. The Morgan fingerprint density at radius 3 is 2.95 bits per heavy atom. The van der Waals surface area contributed by atoms with Gasteiger partial charge in [0.05, 0.1) is 11.7 Å². The number of amides is 1. The molecule has 0 aromatic carbocycles. The average Bonchev–Trinajstić information content (AvgIpc) is 3.20. The number of thiophene rings is 1. The molecule has 0 radical (unpaired) electrons. The van der Waals surface area contributed by atoms with Crippen LogP contribution in [0.4, 0.5) is 0 Å². The molecule has 22 heavy (non-hydrogen) atoms. The number of aromatic amines is 1. The summed E-state index contributed by atoms with van der Waals surface area (Å²) in [5.41, 5.74) is 1.40. The highest BCUT2D eigenvalue weighted by Gasteiger charge is 2.23. The van der Waals surface area contributed by atoms with E-state index in [2.05, 4.69) is 4.98 Å². The van der Waals surface area contributed by atoms with Gasteiger partial charge in [-0.2, -0.15) is 11.3 Å². The van der Waals surface area contributed by atoms with E-state index in [0.29, 0.717) is 18.7 Å². The lowest BCUT2D eigenvalue weighted by molar-refractivity contribution is 0.0507. The molecule has 1 unspecified atom stereocenters. The zero-order valence-corrected chi connectivity index (χ0v) is 13.0. The van der Waals surface area contributed by atoms with E-state index in [9.17, 15) is 9.59 Å². The van der Waals surface area contributed by atoms with Gasteiger partial charge in [-0.05, 0) is 41.3 Å². The Morgan fingerprint density at radius 1 is 1.41 bits per heavy atom. The topological polar surface area (TPSA) is 62.4 Å². The number of nitrogens with zero attached hydrogens (tertiary/aromatic N) is 1. The van der Waals surface area contributed by atoms with E-state index >= 15 is 0 Å². The molecular weight excluding hydrogens is 300 g/mol. The van der Waals surface area contributed by atoms with Crippen molar-refractivity contribution in [3.63, 3.8) is 0 Å². The Labute approximate surface area is 132 Å². The second kappa shape index (κ2) is 6.89. The Balaban J connectivity index is 1.77. The van der Waals surface area contributed by atoms with Gasteiger partial charge in [-0.25, -0.2) is 0 Å². The van der Waals surface area contributed by atoms with Crippen LogP contribution in [0.5, 0.6) is 0 Å². The zero-order chi connectivity index (χ0) is 15.4. The molecule has 3 heterocycles. The molecule has 1 saturated heterocycles. The second-order valence-corrected chi connectivity index (χ2v) is 6.17. The molecule has 3 rings (SSSR count). The number of pyridine rings is 1. The number of carbonyl (C=O) groups excluding carboxylic acids is 1. The summed E-state index contributed by atoms with van der Waals surface area (Å²) in [4.78, 5) is 28.2. The monoisotopic (exact) mass is 318 g/mol. The van der Waals surface area contributed by atoms with Crippen LogP contribution >= 0.6 is 11.3 Å². The Bertz CT molecular complexity index is 654. The molecule has 1 fully saturated rings. The fourth-order valence-electron chi connectivity index (χ4n) is 2.58. The summed E-state index contributed by atoms with van der Waals surface area (Å²) < 4.78 is 5.66. The molecule has 1 atom stereocenters. The van der Waals surface area contributed by atoms with Crippen molar-refractivity contribution in [2.75, 3.05) is 13.2 Å². The molecule has 0 spiro atoms. The first-order chi connectivity index (χ1) is 10.7. The number of hydrogen-bond donors (Lipinski definition) is 1. The van der Waals surface area contributed by atoms with Crippen LogP contribution < -0.4 is 5.56 Å². The fourth-order valence-corrected chi connectivity index (χ4v) is 3.24. The molecule has 2 aromatic heterocycles. The summed E-state index contributed by atoms with van der Waals surface area (Å²) in [6.07, 6.45) is 3.61. The van der Waals surface area contributed by atoms with Crippen LogP contribution in [0.25, 0.3) is 0 Å². The Morgan fingerprint density at radius 2 is 2.32 bits per heavy atom. The summed E-state index contributed by atoms with van der Waals surface area (Å²) in [6, 6.07) is 4.96. The van der Waals surface area contributed by atoms with Crippen molar-refractivity contribution in [3.8, 4) is 0 Å². The number of rotatable bonds is 5. The lowest BCUT2D eigenvalue weighted by atomic mass is 10.2. The van der Waals surface area contributed by atoms with Gasteiger partial charge in [0.25, 0.3) is 5.91 Å². The van der Waals surface area contributed by atoms with Gasteiger partial charge in [-0.15, -0.1) is 0 Å². The van der Waals surface area contributed by atoms with E-state index in [4.69, 9.17) is 4.74 Å². The normalized spacial score (nSPS) is 17.5. The first-order valence-electron chi connectivity index (χ1n) is 7.33. The number of carbonyl (C=O) groups is 1.